The molecule has 126 valence electrons. The SMILES string of the molecule is Oc1cc(OCCCC(F)(F)F)cc2nc3cc(Cl)ccc3cc12. The Morgan fingerprint density at radius 3 is 2.62 bits per heavy atom. The first-order chi connectivity index (χ1) is 11.3. The van der Waals surface area contributed by atoms with Crippen molar-refractivity contribution in [2.45, 2.75) is 19.0 Å². The number of hydrogen-bond donors (Lipinski definition) is 1. The molecule has 0 radical (unpaired) electrons. The largest absolute Gasteiger partial charge is 0.507 e. The first-order valence-corrected chi connectivity index (χ1v) is 7.62. The number of benzene rings is 2. The molecule has 24 heavy (non-hydrogen) atoms. The van der Waals surface area contributed by atoms with Crippen LogP contribution in [0.2, 0.25) is 5.02 Å². The summed E-state index contributed by atoms with van der Waals surface area (Å²) in [5, 5.41) is 12.0. The lowest BCUT2D eigenvalue weighted by Gasteiger charge is -2.10. The highest BCUT2D eigenvalue weighted by Crippen LogP contribution is 2.32. The summed E-state index contributed by atoms with van der Waals surface area (Å²) < 4.78 is 41.7. The van der Waals surface area contributed by atoms with Gasteiger partial charge in [-0.25, -0.2) is 4.98 Å². The summed E-state index contributed by atoms with van der Waals surface area (Å²) in [7, 11) is 0. The van der Waals surface area contributed by atoms with Crippen molar-refractivity contribution in [2.24, 2.45) is 0 Å². The number of nitrogens with zero attached hydrogens (tertiary/aromatic N) is 1. The summed E-state index contributed by atoms with van der Waals surface area (Å²) in [5.41, 5.74) is 1.14. The zero-order chi connectivity index (χ0) is 17.3. The average molecular weight is 356 g/mol. The fourth-order valence-corrected chi connectivity index (χ4v) is 2.57. The van der Waals surface area contributed by atoms with Crippen molar-refractivity contribution in [3.8, 4) is 11.5 Å². The third-order valence-corrected chi connectivity index (χ3v) is 3.75. The molecule has 0 unspecified atom stereocenters. The fraction of sp³-hybridized carbons (Fsp3) is 0.235. The fourth-order valence-electron chi connectivity index (χ4n) is 2.41. The van der Waals surface area contributed by atoms with Crippen molar-refractivity contribution in [1.29, 1.82) is 0 Å². The molecule has 7 heteroatoms. The highest BCUT2D eigenvalue weighted by Gasteiger charge is 2.26. The minimum absolute atomic E-state index is 0.0392. The van der Waals surface area contributed by atoms with E-state index in [-0.39, 0.29) is 24.5 Å². The van der Waals surface area contributed by atoms with Crippen LogP contribution in [0.4, 0.5) is 13.2 Å². The standard InChI is InChI=1S/C17H13ClF3NO2/c18-11-3-2-10-6-13-15(22-14(10)7-11)8-12(9-16(13)23)24-5-1-4-17(19,20)21/h2-3,6-9,23H,1,4-5H2. The second kappa shape index (κ2) is 6.36. The first kappa shape index (κ1) is 16.6. The van der Waals surface area contributed by atoms with Crippen LogP contribution in [0, 0.1) is 0 Å². The minimum atomic E-state index is -4.20. The van der Waals surface area contributed by atoms with Gasteiger partial charge in [-0.1, -0.05) is 17.7 Å². The molecule has 1 heterocycles. The van der Waals surface area contributed by atoms with Gasteiger partial charge in [0.1, 0.15) is 11.5 Å². The number of phenols is 1. The van der Waals surface area contributed by atoms with Crippen LogP contribution in [0.25, 0.3) is 21.8 Å². The monoisotopic (exact) mass is 355 g/mol. The Kier molecular flexibility index (Phi) is 4.41. The van der Waals surface area contributed by atoms with E-state index in [4.69, 9.17) is 16.3 Å². The Hall–Kier alpha value is -2.21. The number of ether oxygens (including phenoxy) is 1. The van der Waals surface area contributed by atoms with Crippen LogP contribution in [-0.2, 0) is 0 Å². The van der Waals surface area contributed by atoms with Gasteiger partial charge in [0.05, 0.1) is 17.6 Å². The van der Waals surface area contributed by atoms with E-state index in [1.807, 2.05) is 0 Å². The molecule has 3 rings (SSSR count). The quantitative estimate of drug-likeness (QED) is 0.498. The highest BCUT2D eigenvalue weighted by atomic mass is 35.5. The van der Waals surface area contributed by atoms with Gasteiger partial charge in [-0.2, -0.15) is 13.2 Å². The number of phenolic OH excluding ortho intramolecular Hbond substituents is 1. The topological polar surface area (TPSA) is 42.4 Å². The Labute approximate surface area is 140 Å². The molecular formula is C17H13ClF3NO2. The highest BCUT2D eigenvalue weighted by molar-refractivity contribution is 6.31. The van der Waals surface area contributed by atoms with Gasteiger partial charge in [0.2, 0.25) is 0 Å². The minimum Gasteiger partial charge on any atom is -0.507 e. The number of pyridine rings is 1. The molecule has 2 aromatic carbocycles. The summed E-state index contributed by atoms with van der Waals surface area (Å²) in [6.07, 6.45) is -5.26. The van der Waals surface area contributed by atoms with Crippen molar-refractivity contribution < 1.29 is 23.0 Å². The van der Waals surface area contributed by atoms with E-state index in [0.29, 0.717) is 21.4 Å². The van der Waals surface area contributed by atoms with Crippen LogP contribution in [0.5, 0.6) is 11.5 Å². The van der Waals surface area contributed by atoms with Gasteiger partial charge in [-0.05, 0) is 24.6 Å². The molecule has 3 aromatic rings. The maximum absolute atomic E-state index is 12.1. The summed E-state index contributed by atoms with van der Waals surface area (Å²) in [6.45, 7) is -0.0934. The van der Waals surface area contributed by atoms with E-state index in [9.17, 15) is 18.3 Å². The predicted octanol–water partition coefficient (Wildman–Crippen LogP) is 5.47. The molecule has 0 atom stereocenters. The number of alkyl halides is 3. The second-order valence-corrected chi connectivity index (χ2v) is 5.84. The zero-order valence-electron chi connectivity index (χ0n) is 12.4. The lowest BCUT2D eigenvalue weighted by atomic mass is 10.1. The molecule has 0 saturated heterocycles. The first-order valence-electron chi connectivity index (χ1n) is 7.24. The van der Waals surface area contributed by atoms with Gasteiger partial charge in [-0.15, -0.1) is 0 Å². The number of aromatic nitrogens is 1. The number of rotatable bonds is 4. The lowest BCUT2D eigenvalue weighted by molar-refractivity contribution is -0.136. The van der Waals surface area contributed by atoms with Gasteiger partial charge < -0.3 is 9.84 Å². The van der Waals surface area contributed by atoms with Crippen LogP contribution >= 0.6 is 11.6 Å². The normalized spacial score (nSPS) is 12.0. The molecule has 0 bridgehead atoms. The zero-order valence-corrected chi connectivity index (χ0v) is 13.2. The Morgan fingerprint density at radius 2 is 1.88 bits per heavy atom. The summed E-state index contributed by atoms with van der Waals surface area (Å²) >= 11 is 5.95. The number of fused-ring (bicyclic) bond motifs is 2. The van der Waals surface area contributed by atoms with E-state index < -0.39 is 12.6 Å². The van der Waals surface area contributed by atoms with Crippen LogP contribution in [0.15, 0.2) is 36.4 Å². The smallest absolute Gasteiger partial charge is 0.389 e. The van der Waals surface area contributed by atoms with E-state index in [2.05, 4.69) is 4.98 Å². The van der Waals surface area contributed by atoms with Gasteiger partial charge in [-0.3, -0.25) is 0 Å². The molecule has 0 aliphatic carbocycles. The Balaban J connectivity index is 1.86. The molecule has 0 saturated carbocycles. The summed E-state index contributed by atoms with van der Waals surface area (Å²) in [6, 6.07) is 9.96. The average Bonchev–Trinajstić information content (AvgIpc) is 2.49. The number of halogens is 4. The molecular weight excluding hydrogens is 343 g/mol. The van der Waals surface area contributed by atoms with Crippen molar-refractivity contribution >= 4 is 33.4 Å². The van der Waals surface area contributed by atoms with Gasteiger partial charge >= 0.3 is 6.18 Å². The van der Waals surface area contributed by atoms with Crippen LogP contribution in [0.1, 0.15) is 12.8 Å². The Morgan fingerprint density at radius 1 is 1.08 bits per heavy atom. The van der Waals surface area contributed by atoms with E-state index in [0.717, 1.165) is 5.39 Å². The van der Waals surface area contributed by atoms with Crippen molar-refractivity contribution in [3.63, 3.8) is 0 Å². The molecule has 0 spiro atoms. The Bertz CT molecular complexity index is 896. The molecule has 0 aliphatic rings. The molecule has 0 amide bonds. The third-order valence-electron chi connectivity index (χ3n) is 3.52. The van der Waals surface area contributed by atoms with Gasteiger partial charge in [0.15, 0.2) is 0 Å². The van der Waals surface area contributed by atoms with Crippen LogP contribution < -0.4 is 4.74 Å². The van der Waals surface area contributed by atoms with Gasteiger partial charge in [0, 0.05) is 34.3 Å². The van der Waals surface area contributed by atoms with Gasteiger partial charge in [0.25, 0.3) is 0 Å². The summed E-state index contributed by atoms with van der Waals surface area (Å²) in [4.78, 5) is 4.42. The maximum atomic E-state index is 12.1. The second-order valence-electron chi connectivity index (χ2n) is 5.40. The maximum Gasteiger partial charge on any atom is 0.389 e. The number of aromatic hydroxyl groups is 1. The predicted molar refractivity (Wildman–Crippen MR) is 86.7 cm³/mol. The van der Waals surface area contributed by atoms with E-state index >= 15 is 0 Å². The molecule has 3 nitrogen and oxygen atoms in total. The molecule has 0 fully saturated rings. The molecule has 0 aliphatic heterocycles. The summed E-state index contributed by atoms with van der Waals surface area (Å²) in [5.74, 6) is 0.235. The lowest BCUT2D eigenvalue weighted by Crippen LogP contribution is -2.09. The van der Waals surface area contributed by atoms with Crippen molar-refractivity contribution in [2.75, 3.05) is 6.61 Å². The molecule has 1 N–H and O–H groups in total. The molecule has 1 aromatic heterocycles. The van der Waals surface area contributed by atoms with Crippen molar-refractivity contribution in [1.82, 2.24) is 4.98 Å². The van der Waals surface area contributed by atoms with E-state index in [1.54, 1.807) is 30.3 Å². The van der Waals surface area contributed by atoms with E-state index in [1.165, 1.54) is 6.07 Å². The van der Waals surface area contributed by atoms with Crippen LogP contribution in [0.3, 0.4) is 0 Å². The van der Waals surface area contributed by atoms with Crippen molar-refractivity contribution in [3.05, 3.63) is 41.4 Å². The third kappa shape index (κ3) is 3.82. The number of hydrogen-bond acceptors (Lipinski definition) is 3. The van der Waals surface area contributed by atoms with Crippen LogP contribution in [-0.4, -0.2) is 22.9 Å².